The summed E-state index contributed by atoms with van der Waals surface area (Å²) in [7, 11) is 0. The Hall–Kier alpha value is -1.42. The summed E-state index contributed by atoms with van der Waals surface area (Å²) >= 11 is 0. The number of hydrogen-bond acceptors (Lipinski definition) is 7. The third kappa shape index (κ3) is 4.03. The molecule has 0 aromatic carbocycles. The minimum Gasteiger partial charge on any atom is -0.479 e. The van der Waals surface area contributed by atoms with Gasteiger partial charge in [0.05, 0.1) is 0 Å². The number of ether oxygens (including phenoxy) is 2. The highest BCUT2D eigenvalue weighted by atomic mass is 16.7. The number of aliphatic hydroxyl groups excluding tert-OH is 3. The third-order valence-electron chi connectivity index (χ3n) is 2.56. The summed E-state index contributed by atoms with van der Waals surface area (Å²) in [6.07, 6.45) is -7.70. The zero-order valence-electron chi connectivity index (χ0n) is 9.86. The first kappa shape index (κ1) is 15.6. The molecule has 10 heteroatoms. The van der Waals surface area contributed by atoms with E-state index in [0.29, 0.717) is 6.42 Å². The van der Waals surface area contributed by atoms with Crippen LogP contribution in [-0.4, -0.2) is 70.3 Å². The summed E-state index contributed by atoms with van der Waals surface area (Å²) in [5.41, 5.74) is 8.04. The molecule has 10 nitrogen and oxygen atoms in total. The Morgan fingerprint density at radius 2 is 2.00 bits per heavy atom. The number of carbonyl (C=O) groups is 1. The summed E-state index contributed by atoms with van der Waals surface area (Å²) in [6, 6.07) is 0. The van der Waals surface area contributed by atoms with Crippen molar-refractivity contribution in [2.24, 2.45) is 5.11 Å². The maximum atomic E-state index is 10.8. The van der Waals surface area contributed by atoms with Crippen molar-refractivity contribution < 1.29 is 34.7 Å². The van der Waals surface area contributed by atoms with Crippen LogP contribution in [0.25, 0.3) is 10.4 Å². The van der Waals surface area contributed by atoms with Gasteiger partial charge in [-0.15, -0.1) is 0 Å². The standard InChI is InChI=1S/C9H15N3O7/c10-12-11-2-1-3-18-9-6(15)4(13)5(14)7(19-9)8(16)17/h4-7,9,13-15H,1-3H2,(H,16,17)/t4?,5-,6-,7?,9+/m0/s1. The Balaban J connectivity index is 2.52. The molecule has 0 aliphatic carbocycles. The fourth-order valence-electron chi connectivity index (χ4n) is 1.57. The number of rotatable bonds is 6. The monoisotopic (exact) mass is 277 g/mol. The lowest BCUT2D eigenvalue weighted by Crippen LogP contribution is -2.60. The van der Waals surface area contributed by atoms with E-state index in [1.54, 1.807) is 0 Å². The number of azide groups is 1. The van der Waals surface area contributed by atoms with Gasteiger partial charge in [0, 0.05) is 18.1 Å². The number of carboxylic acids is 1. The van der Waals surface area contributed by atoms with Crippen molar-refractivity contribution in [2.75, 3.05) is 13.2 Å². The van der Waals surface area contributed by atoms with Crippen LogP contribution in [0.3, 0.4) is 0 Å². The molecule has 0 radical (unpaired) electrons. The lowest BCUT2D eigenvalue weighted by Gasteiger charge is -2.38. The molecule has 0 saturated carbocycles. The van der Waals surface area contributed by atoms with E-state index in [1.807, 2.05) is 0 Å². The molecule has 1 aliphatic rings. The summed E-state index contributed by atoms with van der Waals surface area (Å²) < 4.78 is 9.92. The van der Waals surface area contributed by atoms with E-state index in [9.17, 15) is 20.1 Å². The fraction of sp³-hybridized carbons (Fsp3) is 0.889. The molecular formula is C9H15N3O7. The average Bonchev–Trinajstić information content (AvgIpc) is 2.37. The Labute approximate surface area is 107 Å². The number of aliphatic hydroxyl groups is 3. The second-order valence-electron chi connectivity index (χ2n) is 3.91. The molecule has 1 saturated heterocycles. The van der Waals surface area contributed by atoms with Crippen LogP contribution in [0.4, 0.5) is 0 Å². The largest absolute Gasteiger partial charge is 0.479 e. The molecule has 0 amide bonds. The molecule has 5 atom stereocenters. The first-order chi connectivity index (χ1) is 8.99. The zero-order valence-corrected chi connectivity index (χ0v) is 9.86. The quantitative estimate of drug-likeness (QED) is 0.200. The molecule has 1 rings (SSSR count). The predicted molar refractivity (Wildman–Crippen MR) is 58.9 cm³/mol. The first-order valence-corrected chi connectivity index (χ1v) is 5.54. The average molecular weight is 277 g/mol. The van der Waals surface area contributed by atoms with Crippen molar-refractivity contribution in [2.45, 2.75) is 37.1 Å². The molecule has 0 aromatic heterocycles. The lowest BCUT2D eigenvalue weighted by molar-refractivity contribution is -0.294. The van der Waals surface area contributed by atoms with Gasteiger partial charge in [-0.1, -0.05) is 5.11 Å². The highest BCUT2D eigenvalue weighted by molar-refractivity contribution is 5.73. The van der Waals surface area contributed by atoms with Gasteiger partial charge in [0.25, 0.3) is 0 Å². The number of nitrogens with zero attached hydrogens (tertiary/aromatic N) is 3. The van der Waals surface area contributed by atoms with Crippen LogP contribution in [-0.2, 0) is 14.3 Å². The summed E-state index contributed by atoms with van der Waals surface area (Å²) in [6.45, 7) is 0.211. The molecule has 4 N–H and O–H groups in total. The van der Waals surface area contributed by atoms with E-state index in [-0.39, 0.29) is 13.2 Å². The third-order valence-corrected chi connectivity index (χ3v) is 2.56. The number of hydrogen-bond donors (Lipinski definition) is 4. The first-order valence-electron chi connectivity index (χ1n) is 5.54. The fourth-order valence-corrected chi connectivity index (χ4v) is 1.57. The maximum Gasteiger partial charge on any atom is 0.335 e. The van der Waals surface area contributed by atoms with Crippen LogP contribution in [0.5, 0.6) is 0 Å². The van der Waals surface area contributed by atoms with Gasteiger partial charge in [0.1, 0.15) is 18.3 Å². The summed E-state index contributed by atoms with van der Waals surface area (Å²) in [4.78, 5) is 13.3. The lowest BCUT2D eigenvalue weighted by atomic mass is 9.99. The topological polar surface area (TPSA) is 165 Å². The van der Waals surface area contributed by atoms with Gasteiger partial charge >= 0.3 is 5.97 Å². The molecule has 2 unspecified atom stereocenters. The smallest absolute Gasteiger partial charge is 0.335 e. The Morgan fingerprint density at radius 1 is 1.32 bits per heavy atom. The zero-order chi connectivity index (χ0) is 14.4. The van der Waals surface area contributed by atoms with Crippen LogP contribution >= 0.6 is 0 Å². The maximum absolute atomic E-state index is 10.8. The minimum absolute atomic E-state index is 0.0376. The van der Waals surface area contributed by atoms with Gasteiger partial charge in [-0.2, -0.15) is 0 Å². The minimum atomic E-state index is -1.74. The number of aliphatic carboxylic acids is 1. The van der Waals surface area contributed by atoms with E-state index in [4.69, 9.17) is 20.1 Å². The Bertz CT molecular complexity index is 360. The summed E-state index contributed by atoms with van der Waals surface area (Å²) in [5.74, 6) is -1.47. The van der Waals surface area contributed by atoms with E-state index in [1.165, 1.54) is 0 Å². The molecule has 0 bridgehead atoms. The van der Waals surface area contributed by atoms with Crippen molar-refractivity contribution in [3.8, 4) is 0 Å². The molecule has 0 spiro atoms. The molecular weight excluding hydrogens is 262 g/mol. The molecule has 19 heavy (non-hydrogen) atoms. The van der Waals surface area contributed by atoms with Gasteiger partial charge in [-0.05, 0) is 12.0 Å². The van der Waals surface area contributed by atoms with Crippen molar-refractivity contribution in [3.05, 3.63) is 10.4 Å². The normalized spacial score (nSPS) is 34.6. The van der Waals surface area contributed by atoms with Crippen LogP contribution in [0.2, 0.25) is 0 Å². The van der Waals surface area contributed by atoms with Crippen LogP contribution in [0.15, 0.2) is 5.11 Å². The van der Waals surface area contributed by atoms with Gasteiger partial charge in [0.15, 0.2) is 12.4 Å². The predicted octanol–water partition coefficient (Wildman–Crippen LogP) is -1.40. The highest BCUT2D eigenvalue weighted by Gasteiger charge is 2.47. The van der Waals surface area contributed by atoms with Crippen LogP contribution < -0.4 is 0 Å². The van der Waals surface area contributed by atoms with Crippen molar-refractivity contribution in [3.63, 3.8) is 0 Å². The van der Waals surface area contributed by atoms with E-state index >= 15 is 0 Å². The molecule has 108 valence electrons. The van der Waals surface area contributed by atoms with Gasteiger partial charge in [-0.3, -0.25) is 0 Å². The van der Waals surface area contributed by atoms with Crippen molar-refractivity contribution in [1.29, 1.82) is 0 Å². The second kappa shape index (κ2) is 7.24. The molecule has 0 aromatic rings. The Kier molecular flexibility index (Phi) is 5.96. The van der Waals surface area contributed by atoms with Crippen molar-refractivity contribution >= 4 is 5.97 Å². The van der Waals surface area contributed by atoms with E-state index < -0.39 is 36.7 Å². The van der Waals surface area contributed by atoms with Crippen LogP contribution in [0.1, 0.15) is 6.42 Å². The van der Waals surface area contributed by atoms with E-state index in [0.717, 1.165) is 0 Å². The van der Waals surface area contributed by atoms with Crippen LogP contribution in [0, 0.1) is 0 Å². The Morgan fingerprint density at radius 3 is 2.58 bits per heavy atom. The molecule has 1 aliphatic heterocycles. The van der Waals surface area contributed by atoms with E-state index in [2.05, 4.69) is 10.0 Å². The second-order valence-corrected chi connectivity index (χ2v) is 3.91. The summed E-state index contributed by atoms with van der Waals surface area (Å²) in [5, 5.41) is 40.5. The highest BCUT2D eigenvalue weighted by Crippen LogP contribution is 2.22. The number of carboxylic acid groups (broad SMARTS) is 1. The van der Waals surface area contributed by atoms with Gasteiger partial charge < -0.3 is 29.9 Å². The SMILES string of the molecule is [N-]=[N+]=NCCCO[C@@H]1OC(C(=O)O)[C@@H](O)C(O)[C@@H]1O. The molecule has 1 heterocycles. The molecule has 1 fully saturated rings. The van der Waals surface area contributed by atoms with Gasteiger partial charge in [0.2, 0.25) is 0 Å². The van der Waals surface area contributed by atoms with Crippen molar-refractivity contribution in [1.82, 2.24) is 0 Å². The van der Waals surface area contributed by atoms with Gasteiger partial charge in [-0.25, -0.2) is 4.79 Å².